The Kier molecular flexibility index (Phi) is 6.71. The van der Waals surface area contributed by atoms with Crippen molar-refractivity contribution >= 4 is 11.9 Å². The van der Waals surface area contributed by atoms with Crippen LogP contribution in [-0.4, -0.2) is 17.9 Å². The van der Waals surface area contributed by atoms with Crippen LogP contribution in [0.25, 0.3) is 0 Å². The van der Waals surface area contributed by atoms with Crippen molar-refractivity contribution in [3.05, 3.63) is 65.7 Å². The van der Waals surface area contributed by atoms with Gasteiger partial charge in [0.1, 0.15) is 17.2 Å². The number of rotatable bonds is 6. The maximum absolute atomic E-state index is 10.9. The van der Waals surface area contributed by atoms with E-state index in [4.69, 9.17) is 4.74 Å². The second kappa shape index (κ2) is 8.64. The lowest BCUT2D eigenvalue weighted by molar-refractivity contribution is 0.326. The minimum Gasteiger partial charge on any atom is -0.507 e. The number of hydrogen-bond acceptors (Lipinski definition) is 3. The number of para-hydroxylation sites is 2. The topological polar surface area (TPSA) is 41.8 Å². The van der Waals surface area contributed by atoms with E-state index in [0.29, 0.717) is 6.61 Å². The molecule has 0 aliphatic carbocycles. The Hall–Kier alpha value is -2.55. The summed E-state index contributed by atoms with van der Waals surface area (Å²) in [7, 11) is 0. The van der Waals surface area contributed by atoms with Gasteiger partial charge in [-0.3, -0.25) is 4.99 Å². The Labute approximate surface area is 169 Å². The number of phenols is 1. The first kappa shape index (κ1) is 21.7. The van der Waals surface area contributed by atoms with Crippen LogP contribution in [-0.2, 0) is 10.8 Å². The van der Waals surface area contributed by atoms with Crippen molar-refractivity contribution in [3.8, 4) is 11.5 Å². The fourth-order valence-corrected chi connectivity index (χ4v) is 2.84. The molecule has 150 valence electrons. The van der Waals surface area contributed by atoms with Crippen molar-refractivity contribution in [3.63, 3.8) is 0 Å². The number of aliphatic imine (C=N–C) groups is 1. The monoisotopic (exact) mass is 379 g/mol. The van der Waals surface area contributed by atoms with Crippen molar-refractivity contribution < 1.29 is 9.84 Å². The highest BCUT2D eigenvalue weighted by Gasteiger charge is 2.24. The standard InChI is InChI=1S/C25H33NO2/c1-8-9-14-28-22-13-11-10-12-21(22)26-17-18-15-19(24(2,3)4)16-20(23(18)27)25(5,6)7/h8,10-13,15-17,27H,1,9,14H2,2-7H3. The van der Waals surface area contributed by atoms with Crippen molar-refractivity contribution in [1.82, 2.24) is 0 Å². The second-order valence-electron chi connectivity index (χ2n) is 9.11. The van der Waals surface area contributed by atoms with Gasteiger partial charge in [0.15, 0.2) is 0 Å². The van der Waals surface area contributed by atoms with Crippen LogP contribution in [0.5, 0.6) is 11.5 Å². The molecule has 0 aromatic heterocycles. The highest BCUT2D eigenvalue weighted by molar-refractivity contribution is 5.87. The number of ether oxygens (including phenoxy) is 1. The van der Waals surface area contributed by atoms with Crippen LogP contribution in [0.4, 0.5) is 5.69 Å². The minimum absolute atomic E-state index is 0.0258. The molecule has 0 spiro atoms. The molecule has 0 heterocycles. The Morgan fingerprint density at radius 1 is 1.04 bits per heavy atom. The average molecular weight is 380 g/mol. The normalized spacial score (nSPS) is 12.4. The van der Waals surface area contributed by atoms with Gasteiger partial charge in [-0.1, -0.05) is 65.8 Å². The van der Waals surface area contributed by atoms with E-state index in [1.807, 2.05) is 36.4 Å². The molecule has 2 aromatic carbocycles. The number of benzene rings is 2. The lowest BCUT2D eigenvalue weighted by atomic mass is 9.79. The Balaban J connectivity index is 2.47. The fourth-order valence-electron chi connectivity index (χ4n) is 2.84. The lowest BCUT2D eigenvalue weighted by Crippen LogP contribution is -2.17. The summed E-state index contributed by atoms with van der Waals surface area (Å²) in [4.78, 5) is 4.63. The SMILES string of the molecule is C=CCCOc1ccccc1N=Cc1cc(C(C)(C)C)cc(C(C)(C)C)c1O. The minimum atomic E-state index is -0.167. The van der Waals surface area contributed by atoms with E-state index in [0.717, 1.165) is 29.0 Å². The van der Waals surface area contributed by atoms with Crippen molar-refractivity contribution in [1.29, 1.82) is 0 Å². The summed E-state index contributed by atoms with van der Waals surface area (Å²) in [6.07, 6.45) is 4.34. The second-order valence-corrected chi connectivity index (χ2v) is 9.11. The van der Waals surface area contributed by atoms with Crippen LogP contribution in [0.2, 0.25) is 0 Å². The van der Waals surface area contributed by atoms with Crippen LogP contribution >= 0.6 is 0 Å². The van der Waals surface area contributed by atoms with E-state index in [1.165, 1.54) is 5.56 Å². The zero-order chi connectivity index (χ0) is 20.9. The molecule has 0 saturated carbocycles. The third-order valence-electron chi connectivity index (χ3n) is 4.60. The van der Waals surface area contributed by atoms with Gasteiger partial charge in [-0.2, -0.15) is 0 Å². The third kappa shape index (κ3) is 5.48. The molecule has 0 aliphatic heterocycles. The molecule has 0 atom stereocenters. The van der Waals surface area contributed by atoms with Gasteiger partial charge in [0.05, 0.1) is 6.61 Å². The molecule has 0 radical (unpaired) electrons. The van der Waals surface area contributed by atoms with Crippen molar-refractivity contribution in [2.75, 3.05) is 6.61 Å². The van der Waals surface area contributed by atoms with Gasteiger partial charge in [0.25, 0.3) is 0 Å². The van der Waals surface area contributed by atoms with Crippen LogP contribution < -0.4 is 4.74 Å². The van der Waals surface area contributed by atoms with Gasteiger partial charge < -0.3 is 9.84 Å². The molecule has 28 heavy (non-hydrogen) atoms. The molecule has 2 rings (SSSR count). The molecule has 0 bridgehead atoms. The summed E-state index contributed by atoms with van der Waals surface area (Å²) in [6, 6.07) is 11.8. The van der Waals surface area contributed by atoms with E-state index in [9.17, 15) is 5.11 Å². The van der Waals surface area contributed by atoms with Gasteiger partial charge >= 0.3 is 0 Å². The fraction of sp³-hybridized carbons (Fsp3) is 0.400. The van der Waals surface area contributed by atoms with E-state index in [2.05, 4.69) is 59.2 Å². The summed E-state index contributed by atoms with van der Waals surface area (Å²) in [5.74, 6) is 1.01. The molecule has 0 unspecified atom stereocenters. The molecule has 0 amide bonds. The van der Waals surface area contributed by atoms with Crippen LogP contribution in [0.15, 0.2) is 54.0 Å². The molecule has 1 N–H and O–H groups in total. The van der Waals surface area contributed by atoms with Crippen molar-refractivity contribution in [2.45, 2.75) is 58.8 Å². The predicted octanol–water partition coefficient (Wildman–Crippen LogP) is 6.69. The quantitative estimate of drug-likeness (QED) is 0.345. The predicted molar refractivity (Wildman–Crippen MR) is 120 cm³/mol. The summed E-state index contributed by atoms with van der Waals surface area (Å²) < 4.78 is 5.80. The van der Waals surface area contributed by atoms with Crippen LogP contribution in [0, 0.1) is 0 Å². The number of phenolic OH excluding ortho intramolecular Hbond substituents is 1. The first-order valence-corrected chi connectivity index (χ1v) is 9.79. The van der Waals surface area contributed by atoms with E-state index in [-0.39, 0.29) is 16.6 Å². The zero-order valence-electron chi connectivity index (χ0n) is 18.0. The highest BCUT2D eigenvalue weighted by Crippen LogP contribution is 2.37. The number of nitrogens with zero attached hydrogens (tertiary/aromatic N) is 1. The summed E-state index contributed by atoms with van der Waals surface area (Å²) in [5.41, 5.74) is 3.37. The number of aromatic hydroxyl groups is 1. The van der Waals surface area contributed by atoms with Gasteiger partial charge in [0.2, 0.25) is 0 Å². The molecule has 2 aromatic rings. The molecule has 0 fully saturated rings. The maximum atomic E-state index is 10.9. The van der Waals surface area contributed by atoms with Crippen LogP contribution in [0.1, 0.15) is 64.7 Å². The maximum Gasteiger partial charge on any atom is 0.144 e. The summed E-state index contributed by atoms with van der Waals surface area (Å²) in [6.45, 7) is 17.1. The number of hydrogen-bond donors (Lipinski definition) is 1. The lowest BCUT2D eigenvalue weighted by Gasteiger charge is -2.27. The van der Waals surface area contributed by atoms with Crippen LogP contribution in [0.3, 0.4) is 0 Å². The third-order valence-corrected chi connectivity index (χ3v) is 4.60. The molecular weight excluding hydrogens is 346 g/mol. The van der Waals surface area contributed by atoms with E-state index < -0.39 is 0 Å². The van der Waals surface area contributed by atoms with E-state index >= 15 is 0 Å². The molecule has 0 saturated heterocycles. The Morgan fingerprint density at radius 3 is 2.32 bits per heavy atom. The van der Waals surface area contributed by atoms with Gasteiger partial charge in [-0.05, 0) is 41.0 Å². The summed E-state index contributed by atoms with van der Waals surface area (Å²) >= 11 is 0. The molecule has 3 heteroatoms. The summed E-state index contributed by atoms with van der Waals surface area (Å²) in [5, 5.41) is 10.9. The van der Waals surface area contributed by atoms with E-state index in [1.54, 1.807) is 6.21 Å². The van der Waals surface area contributed by atoms with Gasteiger partial charge in [-0.25, -0.2) is 0 Å². The smallest absolute Gasteiger partial charge is 0.144 e. The van der Waals surface area contributed by atoms with Gasteiger partial charge in [0, 0.05) is 17.3 Å². The first-order valence-electron chi connectivity index (χ1n) is 9.79. The largest absolute Gasteiger partial charge is 0.507 e. The van der Waals surface area contributed by atoms with Gasteiger partial charge in [-0.15, -0.1) is 6.58 Å². The molecule has 0 aliphatic rings. The Bertz CT molecular complexity index is 852. The highest BCUT2D eigenvalue weighted by atomic mass is 16.5. The zero-order valence-corrected chi connectivity index (χ0v) is 18.0. The average Bonchev–Trinajstić information content (AvgIpc) is 2.60. The first-order chi connectivity index (χ1) is 13.0. The molecule has 3 nitrogen and oxygen atoms in total. The Morgan fingerprint density at radius 2 is 1.71 bits per heavy atom. The molecular formula is C25H33NO2. The van der Waals surface area contributed by atoms with Crippen molar-refractivity contribution in [2.24, 2.45) is 4.99 Å².